The van der Waals surface area contributed by atoms with E-state index in [0.717, 1.165) is 28.3 Å². The Morgan fingerprint density at radius 1 is 1.30 bits per heavy atom. The van der Waals surface area contributed by atoms with Crippen LogP contribution in [-0.2, 0) is 11.3 Å². The lowest BCUT2D eigenvalue weighted by Crippen LogP contribution is -2.27. The van der Waals surface area contributed by atoms with Crippen LogP contribution < -0.4 is 0 Å². The standard InChI is InChI=1S/C16H10ClFN2O2S/c17-13-7-12(18)4-3-11(13)9-20-15(21)14(23-16(20)22)6-10-2-1-5-19-8-10/h1-8H,9H2/b14-6+. The summed E-state index contributed by atoms with van der Waals surface area (Å²) in [7, 11) is 0. The quantitative estimate of drug-likeness (QED) is 0.783. The molecule has 0 aliphatic carbocycles. The van der Waals surface area contributed by atoms with Crippen molar-refractivity contribution in [2.24, 2.45) is 0 Å². The summed E-state index contributed by atoms with van der Waals surface area (Å²) in [6.45, 7) is 0.00809. The van der Waals surface area contributed by atoms with E-state index in [9.17, 15) is 14.0 Å². The van der Waals surface area contributed by atoms with Crippen LogP contribution in [0.1, 0.15) is 11.1 Å². The van der Waals surface area contributed by atoms with Crippen LogP contribution in [0.3, 0.4) is 0 Å². The molecule has 0 N–H and O–H groups in total. The Hall–Kier alpha value is -2.18. The summed E-state index contributed by atoms with van der Waals surface area (Å²) >= 11 is 6.81. The number of hydrogen-bond acceptors (Lipinski definition) is 4. The van der Waals surface area contributed by atoms with Crippen molar-refractivity contribution in [1.29, 1.82) is 0 Å². The Labute approximate surface area is 141 Å². The van der Waals surface area contributed by atoms with Gasteiger partial charge >= 0.3 is 0 Å². The summed E-state index contributed by atoms with van der Waals surface area (Å²) in [5.41, 5.74) is 1.25. The van der Waals surface area contributed by atoms with Crippen molar-refractivity contribution < 1.29 is 14.0 Å². The van der Waals surface area contributed by atoms with Gasteiger partial charge in [0.1, 0.15) is 5.82 Å². The number of aromatic nitrogens is 1. The van der Waals surface area contributed by atoms with Crippen LogP contribution in [0, 0.1) is 5.82 Å². The second kappa shape index (κ2) is 6.52. The van der Waals surface area contributed by atoms with Gasteiger partial charge in [-0.15, -0.1) is 0 Å². The third-order valence-corrected chi connectivity index (χ3v) is 4.46. The monoisotopic (exact) mass is 348 g/mol. The largest absolute Gasteiger partial charge is 0.293 e. The number of rotatable bonds is 3. The normalized spacial score (nSPS) is 16.4. The summed E-state index contributed by atoms with van der Waals surface area (Å²) in [5, 5.41) is -0.203. The van der Waals surface area contributed by atoms with Gasteiger partial charge in [0.05, 0.1) is 11.4 Å². The summed E-state index contributed by atoms with van der Waals surface area (Å²) in [6, 6.07) is 7.39. The van der Waals surface area contributed by atoms with Crippen molar-refractivity contribution in [2.75, 3.05) is 0 Å². The molecular formula is C16H10ClFN2O2S. The van der Waals surface area contributed by atoms with E-state index in [1.807, 2.05) is 0 Å². The Morgan fingerprint density at radius 2 is 2.13 bits per heavy atom. The highest BCUT2D eigenvalue weighted by Crippen LogP contribution is 2.34. The molecule has 0 unspecified atom stereocenters. The lowest BCUT2D eigenvalue weighted by Gasteiger charge is -2.13. The van der Waals surface area contributed by atoms with Gasteiger partial charge in [-0.3, -0.25) is 19.5 Å². The Balaban J connectivity index is 1.83. The number of amides is 2. The molecule has 0 radical (unpaired) electrons. The van der Waals surface area contributed by atoms with E-state index in [-0.39, 0.29) is 16.8 Å². The number of benzene rings is 1. The van der Waals surface area contributed by atoms with Gasteiger partial charge in [-0.1, -0.05) is 23.7 Å². The number of nitrogens with zero attached hydrogens (tertiary/aromatic N) is 2. The molecule has 1 aliphatic rings. The van der Waals surface area contributed by atoms with Crippen molar-refractivity contribution in [3.63, 3.8) is 0 Å². The lowest BCUT2D eigenvalue weighted by molar-refractivity contribution is -0.123. The van der Waals surface area contributed by atoms with E-state index >= 15 is 0 Å². The zero-order valence-corrected chi connectivity index (χ0v) is 13.3. The van der Waals surface area contributed by atoms with Crippen molar-refractivity contribution in [2.45, 2.75) is 6.54 Å². The van der Waals surface area contributed by atoms with E-state index in [2.05, 4.69) is 4.98 Å². The second-order valence-electron chi connectivity index (χ2n) is 4.79. The summed E-state index contributed by atoms with van der Waals surface area (Å²) in [4.78, 5) is 29.8. The van der Waals surface area contributed by atoms with E-state index in [4.69, 9.17) is 11.6 Å². The van der Waals surface area contributed by atoms with Gasteiger partial charge in [-0.05, 0) is 47.2 Å². The highest BCUT2D eigenvalue weighted by atomic mass is 35.5. The summed E-state index contributed by atoms with van der Waals surface area (Å²) in [5.74, 6) is -0.867. The first kappa shape index (κ1) is 15.7. The molecule has 4 nitrogen and oxygen atoms in total. The summed E-state index contributed by atoms with van der Waals surface area (Å²) < 4.78 is 13.1. The van der Waals surface area contributed by atoms with Gasteiger partial charge in [-0.2, -0.15) is 0 Å². The first-order valence-electron chi connectivity index (χ1n) is 6.64. The van der Waals surface area contributed by atoms with Gasteiger partial charge in [0.15, 0.2) is 0 Å². The number of halogens is 2. The first-order valence-corrected chi connectivity index (χ1v) is 7.83. The molecule has 1 aromatic carbocycles. The van der Waals surface area contributed by atoms with Gasteiger partial charge in [0.2, 0.25) is 0 Å². The molecule has 23 heavy (non-hydrogen) atoms. The van der Waals surface area contributed by atoms with Crippen molar-refractivity contribution in [1.82, 2.24) is 9.88 Å². The van der Waals surface area contributed by atoms with E-state index in [1.54, 1.807) is 30.6 Å². The minimum Gasteiger partial charge on any atom is -0.268 e. The summed E-state index contributed by atoms with van der Waals surface area (Å²) in [6.07, 6.45) is 4.84. The molecular weight excluding hydrogens is 339 g/mol. The van der Waals surface area contributed by atoms with Crippen LogP contribution in [0.4, 0.5) is 9.18 Å². The van der Waals surface area contributed by atoms with Crippen LogP contribution in [-0.4, -0.2) is 21.0 Å². The zero-order chi connectivity index (χ0) is 16.4. The molecule has 0 bridgehead atoms. The fourth-order valence-electron chi connectivity index (χ4n) is 2.07. The molecule has 1 saturated heterocycles. The van der Waals surface area contributed by atoms with E-state index in [0.29, 0.717) is 10.5 Å². The smallest absolute Gasteiger partial charge is 0.268 e. The Morgan fingerprint density at radius 3 is 2.83 bits per heavy atom. The molecule has 7 heteroatoms. The maximum Gasteiger partial charge on any atom is 0.293 e. The molecule has 3 rings (SSSR count). The Kier molecular flexibility index (Phi) is 4.45. The van der Waals surface area contributed by atoms with Crippen LogP contribution in [0.25, 0.3) is 6.08 Å². The van der Waals surface area contributed by atoms with Crippen LogP contribution in [0.2, 0.25) is 5.02 Å². The number of carbonyl (C=O) groups is 2. The Bertz CT molecular complexity index is 811. The highest BCUT2D eigenvalue weighted by Gasteiger charge is 2.35. The highest BCUT2D eigenvalue weighted by molar-refractivity contribution is 8.18. The molecule has 0 spiro atoms. The number of pyridine rings is 1. The lowest BCUT2D eigenvalue weighted by atomic mass is 10.2. The molecule has 2 aromatic rings. The van der Waals surface area contributed by atoms with Crippen molar-refractivity contribution in [3.8, 4) is 0 Å². The minimum absolute atomic E-state index is 0.00809. The fourth-order valence-corrected chi connectivity index (χ4v) is 3.13. The molecule has 1 aliphatic heterocycles. The van der Waals surface area contributed by atoms with Gasteiger partial charge < -0.3 is 0 Å². The van der Waals surface area contributed by atoms with E-state index in [1.165, 1.54) is 12.1 Å². The molecule has 0 saturated carbocycles. The van der Waals surface area contributed by atoms with E-state index < -0.39 is 11.7 Å². The average Bonchev–Trinajstić information content (AvgIpc) is 2.78. The molecule has 1 aromatic heterocycles. The minimum atomic E-state index is -0.468. The molecule has 116 valence electrons. The zero-order valence-electron chi connectivity index (χ0n) is 11.7. The maximum absolute atomic E-state index is 13.1. The average molecular weight is 349 g/mol. The van der Waals surface area contributed by atoms with Crippen molar-refractivity contribution in [3.05, 3.63) is 69.6 Å². The van der Waals surface area contributed by atoms with Crippen LogP contribution >= 0.6 is 23.4 Å². The van der Waals surface area contributed by atoms with Gasteiger partial charge in [-0.25, -0.2) is 4.39 Å². The van der Waals surface area contributed by atoms with Crippen molar-refractivity contribution >= 4 is 40.6 Å². The van der Waals surface area contributed by atoms with Gasteiger partial charge in [0, 0.05) is 17.4 Å². The van der Waals surface area contributed by atoms with Crippen LogP contribution in [0.15, 0.2) is 47.6 Å². The second-order valence-corrected chi connectivity index (χ2v) is 6.19. The fraction of sp³-hybridized carbons (Fsp3) is 0.0625. The number of thioether (sulfide) groups is 1. The third-order valence-electron chi connectivity index (χ3n) is 3.20. The number of carbonyl (C=O) groups excluding carboxylic acids is 2. The van der Waals surface area contributed by atoms with Gasteiger partial charge in [0.25, 0.3) is 11.1 Å². The third kappa shape index (κ3) is 3.43. The maximum atomic E-state index is 13.1. The number of hydrogen-bond donors (Lipinski definition) is 0. The molecule has 2 heterocycles. The molecule has 1 fully saturated rings. The molecule has 0 atom stereocenters. The first-order chi connectivity index (χ1) is 11.0. The topological polar surface area (TPSA) is 50.3 Å². The number of imide groups is 1. The molecule has 2 amide bonds. The predicted molar refractivity (Wildman–Crippen MR) is 87.2 cm³/mol. The predicted octanol–water partition coefficient (Wildman–Crippen LogP) is 4.11. The van der Waals surface area contributed by atoms with Crippen LogP contribution in [0.5, 0.6) is 0 Å². The SMILES string of the molecule is O=C1S/C(=C/c2cccnc2)C(=O)N1Cc1ccc(F)cc1Cl.